The first-order valence-electron chi connectivity index (χ1n) is 7.30. The van der Waals surface area contributed by atoms with Gasteiger partial charge in [0, 0.05) is 12.1 Å². The van der Waals surface area contributed by atoms with E-state index in [4.69, 9.17) is 0 Å². The molecule has 0 spiro atoms. The van der Waals surface area contributed by atoms with Gasteiger partial charge in [0.1, 0.15) is 0 Å². The maximum absolute atomic E-state index is 11.3. The highest BCUT2D eigenvalue weighted by Gasteiger charge is 2.19. The largest absolute Gasteiger partial charge is 1.00 e. The number of hydrogen-bond acceptors (Lipinski definition) is 1. The smallest absolute Gasteiger partial charge is 0.246 e. The van der Waals surface area contributed by atoms with Crippen molar-refractivity contribution in [3.05, 3.63) is 12.2 Å². The molecule has 1 amide bonds. The van der Waals surface area contributed by atoms with Gasteiger partial charge in [-0.2, -0.15) is 0 Å². The van der Waals surface area contributed by atoms with Crippen LogP contribution in [0, 0.1) is 0 Å². The average Bonchev–Trinajstić information content (AvgIpc) is 2.38. The molecule has 0 fully saturated rings. The minimum atomic E-state index is -0.0178. The second-order valence-corrected chi connectivity index (χ2v) is 5.11. The Bertz CT molecular complexity index is 255. The predicted octanol–water partition coefficient (Wildman–Crippen LogP) is -0.270. The van der Waals surface area contributed by atoms with E-state index in [1.165, 1.54) is 43.5 Å². The fourth-order valence-corrected chi connectivity index (χ4v) is 2.25. The summed E-state index contributed by atoms with van der Waals surface area (Å²) >= 11 is 0. The maximum atomic E-state index is 11.3. The SMILES string of the molecule is C=C(C)C(=O)NCCCCC[N+](CC)(CC)CC.[Cl-]. The molecule has 19 heavy (non-hydrogen) atoms. The molecule has 0 radical (unpaired) electrons. The average molecular weight is 291 g/mol. The Labute approximate surface area is 125 Å². The molecular weight excluding hydrogens is 260 g/mol. The van der Waals surface area contributed by atoms with Crippen molar-refractivity contribution in [2.45, 2.75) is 47.0 Å². The van der Waals surface area contributed by atoms with Gasteiger partial charge in [0.15, 0.2) is 0 Å². The van der Waals surface area contributed by atoms with Crippen molar-refractivity contribution in [3.8, 4) is 0 Å². The highest BCUT2D eigenvalue weighted by atomic mass is 35.5. The van der Waals surface area contributed by atoms with Gasteiger partial charge >= 0.3 is 0 Å². The molecule has 0 aliphatic heterocycles. The summed E-state index contributed by atoms with van der Waals surface area (Å²) in [6.45, 7) is 17.9. The third-order valence-electron chi connectivity index (χ3n) is 3.99. The van der Waals surface area contributed by atoms with Crippen molar-refractivity contribution in [1.82, 2.24) is 5.32 Å². The van der Waals surface area contributed by atoms with Gasteiger partial charge in [-0.25, -0.2) is 0 Å². The first-order valence-corrected chi connectivity index (χ1v) is 7.30. The van der Waals surface area contributed by atoms with Crippen LogP contribution in [-0.2, 0) is 4.79 Å². The molecule has 0 aliphatic rings. The standard InChI is InChI=1S/C15H30N2O.ClH/c1-6-17(7-2,8-3)13-11-9-10-12-16-15(18)14(4)5;/h4,6-13H2,1-3,5H3;1H. The number of carbonyl (C=O) groups excluding carboxylic acids is 1. The topological polar surface area (TPSA) is 29.1 Å². The van der Waals surface area contributed by atoms with Crippen molar-refractivity contribution >= 4 is 5.91 Å². The lowest BCUT2D eigenvalue weighted by molar-refractivity contribution is -0.923. The molecule has 0 heterocycles. The lowest BCUT2D eigenvalue weighted by Crippen LogP contribution is -3.00. The molecule has 0 bridgehead atoms. The zero-order chi connectivity index (χ0) is 14.0. The Morgan fingerprint density at radius 2 is 1.58 bits per heavy atom. The molecule has 4 heteroatoms. The Hall–Kier alpha value is -0.540. The van der Waals surface area contributed by atoms with Crippen LogP contribution >= 0.6 is 0 Å². The van der Waals surface area contributed by atoms with Crippen LogP contribution in [-0.4, -0.2) is 43.1 Å². The Morgan fingerprint density at radius 3 is 2.00 bits per heavy atom. The van der Waals surface area contributed by atoms with Gasteiger partial charge in [0.2, 0.25) is 5.91 Å². The van der Waals surface area contributed by atoms with E-state index in [0.29, 0.717) is 5.57 Å². The Kier molecular flexibility index (Phi) is 12.4. The molecular formula is C15H31ClN2O. The maximum Gasteiger partial charge on any atom is 0.246 e. The van der Waals surface area contributed by atoms with E-state index in [1.54, 1.807) is 6.92 Å². The van der Waals surface area contributed by atoms with E-state index in [2.05, 4.69) is 32.7 Å². The number of nitrogens with zero attached hydrogens (tertiary/aromatic N) is 1. The van der Waals surface area contributed by atoms with Crippen LogP contribution in [0.3, 0.4) is 0 Å². The molecule has 0 unspecified atom stereocenters. The number of unbranched alkanes of at least 4 members (excludes halogenated alkanes) is 2. The summed E-state index contributed by atoms with van der Waals surface area (Å²) in [6, 6.07) is 0. The second kappa shape index (κ2) is 11.3. The van der Waals surface area contributed by atoms with Crippen molar-refractivity contribution < 1.29 is 21.7 Å². The fraction of sp³-hybridized carbons (Fsp3) is 0.800. The lowest BCUT2D eigenvalue weighted by Gasteiger charge is -2.35. The minimum Gasteiger partial charge on any atom is -1.00 e. The third-order valence-corrected chi connectivity index (χ3v) is 3.99. The van der Waals surface area contributed by atoms with Crippen LogP contribution < -0.4 is 17.7 Å². The van der Waals surface area contributed by atoms with Crippen molar-refractivity contribution in [3.63, 3.8) is 0 Å². The van der Waals surface area contributed by atoms with Crippen molar-refractivity contribution in [2.24, 2.45) is 0 Å². The molecule has 0 saturated carbocycles. The molecule has 0 aromatic rings. The van der Waals surface area contributed by atoms with Crippen LogP contribution in [0.15, 0.2) is 12.2 Å². The number of rotatable bonds is 10. The highest BCUT2D eigenvalue weighted by Crippen LogP contribution is 2.09. The number of quaternary nitrogens is 1. The van der Waals surface area contributed by atoms with Gasteiger partial charge in [-0.3, -0.25) is 4.79 Å². The molecule has 114 valence electrons. The summed E-state index contributed by atoms with van der Waals surface area (Å²) in [7, 11) is 0. The molecule has 3 nitrogen and oxygen atoms in total. The summed E-state index contributed by atoms with van der Waals surface area (Å²) in [5.41, 5.74) is 0.591. The number of hydrogen-bond donors (Lipinski definition) is 1. The monoisotopic (exact) mass is 290 g/mol. The number of amides is 1. The Morgan fingerprint density at radius 1 is 1.05 bits per heavy atom. The van der Waals surface area contributed by atoms with E-state index in [1.807, 2.05) is 0 Å². The van der Waals surface area contributed by atoms with Crippen LogP contribution in [0.1, 0.15) is 47.0 Å². The molecule has 0 atom stereocenters. The number of halogens is 1. The first-order chi connectivity index (χ1) is 8.51. The van der Waals surface area contributed by atoms with Crippen LogP contribution in [0.4, 0.5) is 0 Å². The lowest BCUT2D eigenvalue weighted by atomic mass is 10.2. The van der Waals surface area contributed by atoms with Gasteiger partial charge in [-0.15, -0.1) is 0 Å². The molecule has 1 N–H and O–H groups in total. The summed E-state index contributed by atoms with van der Waals surface area (Å²) in [5, 5.41) is 2.88. The summed E-state index contributed by atoms with van der Waals surface area (Å²) < 4.78 is 1.22. The first kappa shape index (κ1) is 20.8. The molecule has 0 saturated heterocycles. The van der Waals surface area contributed by atoms with Gasteiger partial charge in [-0.05, 0) is 47.0 Å². The van der Waals surface area contributed by atoms with Crippen molar-refractivity contribution in [1.29, 1.82) is 0 Å². The molecule has 0 rings (SSSR count). The van der Waals surface area contributed by atoms with E-state index < -0.39 is 0 Å². The minimum absolute atomic E-state index is 0. The number of nitrogens with one attached hydrogen (secondary N) is 1. The van der Waals surface area contributed by atoms with Gasteiger partial charge in [-0.1, -0.05) is 6.58 Å². The molecule has 0 aromatic heterocycles. The number of carbonyl (C=O) groups is 1. The van der Waals surface area contributed by atoms with E-state index in [-0.39, 0.29) is 18.3 Å². The van der Waals surface area contributed by atoms with Crippen molar-refractivity contribution in [2.75, 3.05) is 32.7 Å². The summed E-state index contributed by atoms with van der Waals surface area (Å²) in [6.07, 6.45) is 3.51. The van der Waals surface area contributed by atoms with Crippen LogP contribution in [0.25, 0.3) is 0 Å². The Balaban J connectivity index is 0. The van der Waals surface area contributed by atoms with E-state index in [9.17, 15) is 4.79 Å². The third kappa shape index (κ3) is 8.27. The van der Waals surface area contributed by atoms with E-state index in [0.717, 1.165) is 13.0 Å². The normalized spacial score (nSPS) is 10.7. The summed E-state index contributed by atoms with van der Waals surface area (Å²) in [4.78, 5) is 11.3. The van der Waals surface area contributed by atoms with Gasteiger partial charge < -0.3 is 22.2 Å². The molecule has 0 aliphatic carbocycles. The second-order valence-electron chi connectivity index (χ2n) is 5.11. The predicted molar refractivity (Wildman–Crippen MR) is 78.4 cm³/mol. The summed E-state index contributed by atoms with van der Waals surface area (Å²) in [5.74, 6) is -0.0178. The van der Waals surface area contributed by atoms with Crippen LogP contribution in [0.2, 0.25) is 0 Å². The highest BCUT2D eigenvalue weighted by molar-refractivity contribution is 5.91. The quantitative estimate of drug-likeness (QED) is 0.335. The molecule has 0 aromatic carbocycles. The van der Waals surface area contributed by atoms with Gasteiger partial charge in [0.05, 0.1) is 26.2 Å². The van der Waals surface area contributed by atoms with E-state index >= 15 is 0 Å². The zero-order valence-electron chi connectivity index (χ0n) is 13.1. The zero-order valence-corrected chi connectivity index (χ0v) is 13.9. The van der Waals surface area contributed by atoms with Gasteiger partial charge in [0.25, 0.3) is 0 Å². The van der Waals surface area contributed by atoms with Crippen LogP contribution in [0.5, 0.6) is 0 Å². The fourth-order valence-electron chi connectivity index (χ4n) is 2.25.